The highest BCUT2D eigenvalue weighted by molar-refractivity contribution is 7.22. The molecule has 2 aromatic rings. The molecule has 2 rings (SSSR count). The summed E-state index contributed by atoms with van der Waals surface area (Å²) in [6.45, 7) is 1.39. The van der Waals surface area contributed by atoms with Crippen LogP contribution in [0, 0.1) is 0 Å². The van der Waals surface area contributed by atoms with Crippen molar-refractivity contribution in [2.75, 3.05) is 14.2 Å². The Kier molecular flexibility index (Phi) is 4.12. The van der Waals surface area contributed by atoms with Crippen LogP contribution in [-0.4, -0.2) is 14.2 Å². The molecule has 0 spiro atoms. The van der Waals surface area contributed by atoms with Gasteiger partial charge in [-0.3, -0.25) is 0 Å². The first-order chi connectivity index (χ1) is 7.83. The molecule has 2 heterocycles. The van der Waals surface area contributed by atoms with E-state index in [1.54, 1.807) is 36.9 Å². The summed E-state index contributed by atoms with van der Waals surface area (Å²) in [4.78, 5) is 5.14. The molecule has 0 N–H and O–H groups in total. The average molecular weight is 254 g/mol. The van der Waals surface area contributed by atoms with Crippen LogP contribution in [0.25, 0.3) is 9.75 Å². The minimum Gasteiger partial charge on any atom is -0.379 e. The zero-order chi connectivity index (χ0) is 11.4. The summed E-state index contributed by atoms with van der Waals surface area (Å²) in [6.07, 6.45) is 0. The molecule has 0 atom stereocenters. The van der Waals surface area contributed by atoms with Gasteiger partial charge in [0, 0.05) is 33.7 Å². The summed E-state index contributed by atoms with van der Waals surface area (Å²) in [7, 11) is 3.45. The van der Waals surface area contributed by atoms with E-state index in [9.17, 15) is 0 Å². The van der Waals surface area contributed by atoms with E-state index in [0.29, 0.717) is 13.2 Å². The highest BCUT2D eigenvalue weighted by atomic mass is 32.1. The van der Waals surface area contributed by atoms with E-state index in [2.05, 4.69) is 24.3 Å². The van der Waals surface area contributed by atoms with Gasteiger partial charge in [-0.1, -0.05) is 0 Å². The lowest BCUT2D eigenvalue weighted by Crippen LogP contribution is -1.79. The maximum absolute atomic E-state index is 5.11. The van der Waals surface area contributed by atoms with Gasteiger partial charge in [-0.2, -0.15) is 0 Å². The minimum absolute atomic E-state index is 0.695. The second kappa shape index (κ2) is 5.59. The quantitative estimate of drug-likeness (QED) is 0.808. The molecule has 0 saturated heterocycles. The average Bonchev–Trinajstić information content (AvgIpc) is 2.87. The Morgan fingerprint density at radius 2 is 1.25 bits per heavy atom. The Balaban J connectivity index is 2.14. The van der Waals surface area contributed by atoms with Crippen molar-refractivity contribution in [3.8, 4) is 9.75 Å². The maximum Gasteiger partial charge on any atom is 0.0805 e. The van der Waals surface area contributed by atoms with E-state index < -0.39 is 0 Å². The molecule has 0 aliphatic carbocycles. The fourth-order valence-corrected chi connectivity index (χ4v) is 3.51. The second-order valence-corrected chi connectivity index (χ2v) is 5.73. The van der Waals surface area contributed by atoms with E-state index in [4.69, 9.17) is 9.47 Å². The van der Waals surface area contributed by atoms with Crippen molar-refractivity contribution in [1.29, 1.82) is 0 Å². The molecule has 0 aliphatic rings. The van der Waals surface area contributed by atoms with Crippen LogP contribution >= 0.6 is 22.7 Å². The summed E-state index contributed by atoms with van der Waals surface area (Å²) in [5.41, 5.74) is 0. The summed E-state index contributed by atoms with van der Waals surface area (Å²) >= 11 is 3.57. The fraction of sp³-hybridized carbons (Fsp3) is 0.333. The molecular formula is C12H14O2S2. The van der Waals surface area contributed by atoms with Gasteiger partial charge >= 0.3 is 0 Å². The van der Waals surface area contributed by atoms with Crippen molar-refractivity contribution in [3.05, 3.63) is 34.0 Å². The molecule has 0 bridgehead atoms. The van der Waals surface area contributed by atoms with Gasteiger partial charge in [-0.05, 0) is 24.3 Å². The number of thiophene rings is 2. The maximum atomic E-state index is 5.11. The summed E-state index contributed by atoms with van der Waals surface area (Å²) in [5.74, 6) is 0. The van der Waals surface area contributed by atoms with Crippen LogP contribution in [-0.2, 0) is 22.7 Å². The smallest absolute Gasteiger partial charge is 0.0805 e. The Morgan fingerprint density at radius 3 is 1.62 bits per heavy atom. The second-order valence-electron chi connectivity index (χ2n) is 3.40. The van der Waals surface area contributed by atoms with Gasteiger partial charge in [0.2, 0.25) is 0 Å². The monoisotopic (exact) mass is 254 g/mol. The highest BCUT2D eigenvalue weighted by Gasteiger charge is 2.06. The van der Waals surface area contributed by atoms with E-state index in [1.165, 1.54) is 19.5 Å². The van der Waals surface area contributed by atoms with Gasteiger partial charge in [0.1, 0.15) is 0 Å². The molecule has 4 heteroatoms. The van der Waals surface area contributed by atoms with Gasteiger partial charge in [0.15, 0.2) is 0 Å². The summed E-state index contributed by atoms with van der Waals surface area (Å²) < 4.78 is 10.2. The summed E-state index contributed by atoms with van der Waals surface area (Å²) in [5, 5.41) is 0. The lowest BCUT2D eigenvalue weighted by atomic mass is 10.3. The third-order valence-corrected chi connectivity index (χ3v) is 4.45. The number of methoxy groups -OCH3 is 2. The Morgan fingerprint density at radius 1 is 0.812 bits per heavy atom. The largest absolute Gasteiger partial charge is 0.379 e. The highest BCUT2D eigenvalue weighted by Crippen LogP contribution is 2.33. The van der Waals surface area contributed by atoms with Crippen LogP contribution in [0.5, 0.6) is 0 Å². The SMILES string of the molecule is COCc1ccc(-c2ccc(COC)s2)s1. The van der Waals surface area contributed by atoms with Crippen LogP contribution in [0.1, 0.15) is 9.75 Å². The van der Waals surface area contributed by atoms with Crippen LogP contribution < -0.4 is 0 Å². The van der Waals surface area contributed by atoms with Gasteiger partial charge < -0.3 is 9.47 Å². The lowest BCUT2D eigenvalue weighted by Gasteiger charge is -1.93. The fourth-order valence-electron chi connectivity index (χ4n) is 1.46. The van der Waals surface area contributed by atoms with Crippen LogP contribution in [0.2, 0.25) is 0 Å². The zero-order valence-corrected chi connectivity index (χ0v) is 11.0. The molecule has 0 aromatic carbocycles. The first-order valence-corrected chi connectivity index (χ1v) is 6.62. The van der Waals surface area contributed by atoms with E-state index >= 15 is 0 Å². The predicted octanol–water partition coefficient (Wildman–Crippen LogP) is 3.77. The van der Waals surface area contributed by atoms with Gasteiger partial charge in [-0.15, -0.1) is 22.7 Å². The molecule has 0 amide bonds. The first kappa shape index (κ1) is 11.8. The summed E-state index contributed by atoms with van der Waals surface area (Å²) in [6, 6.07) is 8.56. The van der Waals surface area contributed by atoms with Crippen LogP contribution in [0.4, 0.5) is 0 Å². The number of hydrogen-bond donors (Lipinski definition) is 0. The topological polar surface area (TPSA) is 18.5 Å². The van der Waals surface area contributed by atoms with Crippen molar-refractivity contribution < 1.29 is 9.47 Å². The van der Waals surface area contributed by atoms with E-state index in [0.717, 1.165) is 0 Å². The number of hydrogen-bond acceptors (Lipinski definition) is 4. The molecule has 2 nitrogen and oxygen atoms in total. The van der Waals surface area contributed by atoms with Crippen molar-refractivity contribution >= 4 is 22.7 Å². The molecule has 0 unspecified atom stereocenters. The molecular weight excluding hydrogens is 240 g/mol. The normalized spacial score (nSPS) is 10.9. The number of rotatable bonds is 5. The Bertz CT molecular complexity index is 403. The van der Waals surface area contributed by atoms with Crippen molar-refractivity contribution in [2.24, 2.45) is 0 Å². The van der Waals surface area contributed by atoms with Crippen LogP contribution in [0.15, 0.2) is 24.3 Å². The lowest BCUT2D eigenvalue weighted by molar-refractivity contribution is 0.187. The van der Waals surface area contributed by atoms with Gasteiger partial charge in [0.25, 0.3) is 0 Å². The Hall–Kier alpha value is -0.680. The van der Waals surface area contributed by atoms with Crippen LogP contribution in [0.3, 0.4) is 0 Å². The van der Waals surface area contributed by atoms with E-state index in [1.807, 2.05) is 0 Å². The van der Waals surface area contributed by atoms with Gasteiger partial charge in [0.05, 0.1) is 13.2 Å². The molecule has 0 aliphatic heterocycles. The van der Waals surface area contributed by atoms with Crippen molar-refractivity contribution in [1.82, 2.24) is 0 Å². The molecule has 16 heavy (non-hydrogen) atoms. The third-order valence-electron chi connectivity index (χ3n) is 2.14. The molecule has 86 valence electrons. The number of ether oxygens (including phenoxy) is 2. The van der Waals surface area contributed by atoms with E-state index in [-0.39, 0.29) is 0 Å². The first-order valence-electron chi connectivity index (χ1n) is 4.99. The molecule has 2 aromatic heterocycles. The molecule has 0 radical (unpaired) electrons. The predicted molar refractivity (Wildman–Crippen MR) is 69.1 cm³/mol. The van der Waals surface area contributed by atoms with Crippen molar-refractivity contribution in [2.45, 2.75) is 13.2 Å². The third kappa shape index (κ3) is 2.71. The van der Waals surface area contributed by atoms with Gasteiger partial charge in [-0.25, -0.2) is 0 Å². The molecule has 0 saturated carbocycles. The Labute approximate surface area is 103 Å². The molecule has 0 fully saturated rings. The van der Waals surface area contributed by atoms with Crippen molar-refractivity contribution in [3.63, 3.8) is 0 Å². The minimum atomic E-state index is 0.695. The zero-order valence-electron chi connectivity index (χ0n) is 9.36. The standard InChI is InChI=1S/C12H14O2S2/c1-13-7-9-3-5-11(15-9)12-6-4-10(16-12)8-14-2/h3-6H,7-8H2,1-2H3.